The van der Waals surface area contributed by atoms with Gasteiger partial charge >= 0.3 is 0 Å². The number of amides is 2. The van der Waals surface area contributed by atoms with Crippen LogP contribution in [0.5, 0.6) is 17.2 Å². The van der Waals surface area contributed by atoms with E-state index < -0.39 is 11.8 Å². The van der Waals surface area contributed by atoms with Crippen LogP contribution in [-0.2, 0) is 6.61 Å². The van der Waals surface area contributed by atoms with Gasteiger partial charge in [0, 0.05) is 5.56 Å². The molecule has 3 rings (SSSR count). The maximum absolute atomic E-state index is 12.4. The Balaban J connectivity index is 1.56. The first-order valence-electron chi connectivity index (χ1n) is 9.20. The summed E-state index contributed by atoms with van der Waals surface area (Å²) in [5.74, 6) is 0.675. The Labute approximate surface area is 174 Å². The van der Waals surface area contributed by atoms with Crippen LogP contribution in [0.3, 0.4) is 0 Å². The Morgan fingerprint density at radius 3 is 2.13 bits per heavy atom. The number of hydrogen-bond donors (Lipinski definition) is 2. The maximum Gasteiger partial charge on any atom is 0.273 e. The fourth-order valence-corrected chi connectivity index (χ4v) is 2.68. The Bertz CT molecular complexity index is 1000. The van der Waals surface area contributed by atoms with Crippen molar-refractivity contribution in [2.45, 2.75) is 6.61 Å². The molecule has 0 fully saturated rings. The van der Waals surface area contributed by atoms with E-state index in [1.54, 1.807) is 36.4 Å². The summed E-state index contributed by atoms with van der Waals surface area (Å²) in [4.78, 5) is 24.8. The highest BCUT2D eigenvalue weighted by atomic mass is 16.5. The van der Waals surface area contributed by atoms with E-state index in [0.717, 1.165) is 11.3 Å². The van der Waals surface area contributed by atoms with Crippen LogP contribution < -0.4 is 25.1 Å². The van der Waals surface area contributed by atoms with Gasteiger partial charge in [0.05, 0.1) is 19.8 Å². The number of carbonyl (C=O) groups is 2. The number of benzene rings is 3. The number of methoxy groups -OCH3 is 2. The van der Waals surface area contributed by atoms with E-state index in [2.05, 4.69) is 10.9 Å². The first-order chi connectivity index (χ1) is 14.6. The Kier molecular flexibility index (Phi) is 6.89. The van der Waals surface area contributed by atoms with Crippen molar-refractivity contribution < 1.29 is 23.8 Å². The molecule has 2 amide bonds. The molecule has 0 radical (unpaired) electrons. The predicted molar refractivity (Wildman–Crippen MR) is 112 cm³/mol. The normalized spacial score (nSPS) is 10.1. The second kappa shape index (κ2) is 9.97. The van der Waals surface area contributed by atoms with Crippen molar-refractivity contribution in [2.75, 3.05) is 14.2 Å². The summed E-state index contributed by atoms with van der Waals surface area (Å²) < 4.78 is 16.0. The molecule has 0 spiro atoms. The summed E-state index contributed by atoms with van der Waals surface area (Å²) in [5.41, 5.74) is 6.34. The molecule has 0 aliphatic heterocycles. The molecule has 0 aromatic heterocycles. The summed E-state index contributed by atoms with van der Waals surface area (Å²) in [5, 5.41) is 0. The van der Waals surface area contributed by atoms with Crippen LogP contribution in [0.2, 0.25) is 0 Å². The van der Waals surface area contributed by atoms with E-state index >= 15 is 0 Å². The van der Waals surface area contributed by atoms with Gasteiger partial charge in [-0.1, -0.05) is 30.3 Å². The van der Waals surface area contributed by atoms with Crippen LogP contribution in [-0.4, -0.2) is 26.0 Å². The molecular formula is C23H22N2O5. The number of ether oxygens (including phenoxy) is 3. The van der Waals surface area contributed by atoms with Crippen LogP contribution in [0, 0.1) is 0 Å². The number of nitrogens with one attached hydrogen (secondary N) is 2. The summed E-state index contributed by atoms with van der Waals surface area (Å²) in [6, 6.07) is 21.2. The van der Waals surface area contributed by atoms with Crippen molar-refractivity contribution in [3.63, 3.8) is 0 Å². The topological polar surface area (TPSA) is 85.9 Å². The number of hydrazine groups is 1. The Morgan fingerprint density at radius 2 is 1.47 bits per heavy atom. The van der Waals surface area contributed by atoms with Crippen molar-refractivity contribution in [3.8, 4) is 17.2 Å². The molecule has 0 atom stereocenters. The van der Waals surface area contributed by atoms with Gasteiger partial charge in [0.2, 0.25) is 0 Å². The van der Waals surface area contributed by atoms with E-state index in [0.29, 0.717) is 23.7 Å². The molecule has 0 unspecified atom stereocenters. The van der Waals surface area contributed by atoms with Crippen molar-refractivity contribution in [2.24, 2.45) is 0 Å². The van der Waals surface area contributed by atoms with Gasteiger partial charge in [0.1, 0.15) is 23.9 Å². The molecule has 0 heterocycles. The third kappa shape index (κ3) is 5.29. The summed E-state index contributed by atoms with van der Waals surface area (Å²) >= 11 is 0. The zero-order valence-electron chi connectivity index (χ0n) is 16.7. The van der Waals surface area contributed by atoms with Crippen LogP contribution in [0.15, 0.2) is 72.8 Å². The predicted octanol–water partition coefficient (Wildman–Crippen LogP) is 3.36. The quantitative estimate of drug-likeness (QED) is 0.588. The molecule has 7 nitrogen and oxygen atoms in total. The lowest BCUT2D eigenvalue weighted by Gasteiger charge is -2.12. The van der Waals surface area contributed by atoms with E-state index in [1.807, 2.05) is 30.3 Å². The molecule has 154 valence electrons. The van der Waals surface area contributed by atoms with E-state index in [-0.39, 0.29) is 5.56 Å². The summed E-state index contributed by atoms with van der Waals surface area (Å²) in [7, 11) is 2.96. The first-order valence-corrected chi connectivity index (χ1v) is 9.20. The average molecular weight is 406 g/mol. The van der Waals surface area contributed by atoms with Gasteiger partial charge in [-0.05, 0) is 48.0 Å². The zero-order chi connectivity index (χ0) is 21.3. The number of carbonyl (C=O) groups excluding carboxylic acids is 2. The van der Waals surface area contributed by atoms with Crippen molar-refractivity contribution >= 4 is 11.8 Å². The lowest BCUT2D eigenvalue weighted by molar-refractivity contribution is 0.0844. The minimum atomic E-state index is -0.521. The molecule has 3 aromatic rings. The molecule has 2 N–H and O–H groups in total. The van der Waals surface area contributed by atoms with E-state index in [9.17, 15) is 9.59 Å². The summed E-state index contributed by atoms with van der Waals surface area (Å²) in [6.45, 7) is 0.387. The molecular weight excluding hydrogens is 384 g/mol. The van der Waals surface area contributed by atoms with Gasteiger partial charge in [-0.3, -0.25) is 20.4 Å². The lowest BCUT2D eigenvalue weighted by atomic mass is 10.1. The van der Waals surface area contributed by atoms with Gasteiger partial charge in [0.15, 0.2) is 0 Å². The average Bonchev–Trinajstić information content (AvgIpc) is 2.81. The lowest BCUT2D eigenvalue weighted by Crippen LogP contribution is -2.41. The van der Waals surface area contributed by atoms with Gasteiger partial charge in [-0.2, -0.15) is 0 Å². The highest BCUT2D eigenvalue weighted by molar-refractivity contribution is 6.00. The minimum Gasteiger partial charge on any atom is -0.497 e. The smallest absolute Gasteiger partial charge is 0.273 e. The monoisotopic (exact) mass is 406 g/mol. The highest BCUT2D eigenvalue weighted by Gasteiger charge is 2.15. The van der Waals surface area contributed by atoms with E-state index in [4.69, 9.17) is 14.2 Å². The highest BCUT2D eigenvalue weighted by Crippen LogP contribution is 2.23. The van der Waals surface area contributed by atoms with Crippen molar-refractivity contribution in [1.82, 2.24) is 10.9 Å². The number of hydrogen-bond acceptors (Lipinski definition) is 5. The molecule has 0 bridgehead atoms. The van der Waals surface area contributed by atoms with Crippen LogP contribution in [0.25, 0.3) is 0 Å². The van der Waals surface area contributed by atoms with Gasteiger partial charge in [-0.25, -0.2) is 0 Å². The molecule has 7 heteroatoms. The standard InChI is InChI=1S/C23H22N2O5/c1-28-19-12-13-21(29-2)20(14-19)23(27)25-24-22(26)17-10-8-16(9-11-17)15-30-18-6-4-3-5-7-18/h3-14H,15H2,1-2H3,(H,24,26)(H,25,27). The van der Waals surface area contributed by atoms with Crippen molar-refractivity contribution in [1.29, 1.82) is 0 Å². The van der Waals surface area contributed by atoms with Crippen molar-refractivity contribution in [3.05, 3.63) is 89.5 Å². The van der Waals surface area contributed by atoms with Gasteiger partial charge in [0.25, 0.3) is 11.8 Å². The third-order valence-corrected chi connectivity index (χ3v) is 4.31. The molecule has 0 aliphatic rings. The molecule has 0 saturated carbocycles. The Morgan fingerprint density at radius 1 is 0.767 bits per heavy atom. The number of rotatable bonds is 7. The SMILES string of the molecule is COc1ccc(OC)c(C(=O)NNC(=O)c2ccc(COc3ccccc3)cc2)c1. The zero-order valence-corrected chi connectivity index (χ0v) is 16.7. The second-order valence-electron chi connectivity index (χ2n) is 6.27. The number of para-hydroxylation sites is 1. The van der Waals surface area contributed by atoms with Crippen LogP contribution in [0.1, 0.15) is 26.3 Å². The van der Waals surface area contributed by atoms with Gasteiger partial charge in [-0.15, -0.1) is 0 Å². The van der Waals surface area contributed by atoms with Crippen LogP contribution >= 0.6 is 0 Å². The fraction of sp³-hybridized carbons (Fsp3) is 0.130. The van der Waals surface area contributed by atoms with E-state index in [1.165, 1.54) is 20.3 Å². The largest absolute Gasteiger partial charge is 0.497 e. The third-order valence-electron chi connectivity index (χ3n) is 4.31. The molecule has 0 aliphatic carbocycles. The summed E-state index contributed by atoms with van der Waals surface area (Å²) in [6.07, 6.45) is 0. The molecule has 3 aromatic carbocycles. The molecule has 0 saturated heterocycles. The molecule has 30 heavy (non-hydrogen) atoms. The minimum absolute atomic E-state index is 0.241. The van der Waals surface area contributed by atoms with Gasteiger partial charge < -0.3 is 14.2 Å². The fourth-order valence-electron chi connectivity index (χ4n) is 2.68. The second-order valence-corrected chi connectivity index (χ2v) is 6.27. The van der Waals surface area contributed by atoms with Crippen LogP contribution in [0.4, 0.5) is 0 Å². The first kappa shape index (κ1) is 20.7. The Hall–Kier alpha value is -4.00. The maximum atomic E-state index is 12.4.